The summed E-state index contributed by atoms with van der Waals surface area (Å²) < 4.78 is 0. The number of nitrogens with zero attached hydrogens (tertiary/aromatic N) is 2. The normalized spacial score (nSPS) is 10.7. The second kappa shape index (κ2) is 7.41. The topological polar surface area (TPSA) is 44.7 Å². The summed E-state index contributed by atoms with van der Waals surface area (Å²) in [5.74, 6) is -0.217. The number of carbonyl (C=O) groups is 1. The first-order valence-corrected chi connectivity index (χ1v) is 7.30. The van der Waals surface area contributed by atoms with Crippen LogP contribution in [0.4, 0.5) is 5.69 Å². The fourth-order valence-electron chi connectivity index (χ4n) is 1.99. The van der Waals surface area contributed by atoms with Crippen molar-refractivity contribution in [2.24, 2.45) is 5.10 Å². The number of carbonyl (C=O) groups excluding carboxylic acids is 1. The fraction of sp³-hybridized carbons (Fsp3) is 0.222. The second-order valence-corrected chi connectivity index (χ2v) is 5.24. The van der Waals surface area contributed by atoms with Crippen LogP contribution in [0.1, 0.15) is 28.4 Å². The van der Waals surface area contributed by atoms with Crippen LogP contribution in [0.2, 0.25) is 0 Å². The van der Waals surface area contributed by atoms with Gasteiger partial charge in [-0.25, -0.2) is 5.43 Å². The van der Waals surface area contributed by atoms with Crippen LogP contribution < -0.4 is 10.3 Å². The van der Waals surface area contributed by atoms with Crippen LogP contribution in [0.25, 0.3) is 0 Å². The molecule has 0 heterocycles. The molecule has 2 aromatic rings. The number of hydrogen-bond acceptors (Lipinski definition) is 3. The van der Waals surface area contributed by atoms with Gasteiger partial charge in [0.05, 0.1) is 6.21 Å². The molecule has 4 heteroatoms. The van der Waals surface area contributed by atoms with Crippen LogP contribution in [-0.2, 0) is 6.42 Å². The van der Waals surface area contributed by atoms with Crippen molar-refractivity contribution >= 4 is 17.8 Å². The standard InChI is InChI=1S/C18H21N3O/c1-4-14-8-10-15(11-9-14)13-19-20-18(22)16-6-5-7-17(12-16)21(2)3/h5-13H,4H2,1-3H3,(H,20,22)/b19-13+. The Bertz CT molecular complexity index is 660. The van der Waals surface area contributed by atoms with Gasteiger partial charge in [0.2, 0.25) is 0 Å². The van der Waals surface area contributed by atoms with Gasteiger partial charge in [0.25, 0.3) is 5.91 Å². The molecule has 0 saturated heterocycles. The van der Waals surface area contributed by atoms with Crippen LogP contribution in [0.5, 0.6) is 0 Å². The lowest BCUT2D eigenvalue weighted by molar-refractivity contribution is 0.0955. The zero-order valence-corrected chi connectivity index (χ0v) is 13.2. The number of benzene rings is 2. The van der Waals surface area contributed by atoms with E-state index in [0.29, 0.717) is 5.56 Å². The van der Waals surface area contributed by atoms with Crippen molar-refractivity contribution in [1.82, 2.24) is 5.43 Å². The molecule has 1 amide bonds. The van der Waals surface area contributed by atoms with Crippen LogP contribution in [0.15, 0.2) is 53.6 Å². The van der Waals surface area contributed by atoms with Gasteiger partial charge in [-0.2, -0.15) is 5.10 Å². The van der Waals surface area contributed by atoms with Gasteiger partial charge in [-0.3, -0.25) is 4.79 Å². The van der Waals surface area contributed by atoms with Gasteiger partial charge in [0.15, 0.2) is 0 Å². The lowest BCUT2D eigenvalue weighted by atomic mass is 10.1. The van der Waals surface area contributed by atoms with Crippen molar-refractivity contribution in [1.29, 1.82) is 0 Å². The molecule has 0 atom stereocenters. The molecule has 1 N–H and O–H groups in total. The van der Waals surface area contributed by atoms with Crippen LogP contribution in [0, 0.1) is 0 Å². The van der Waals surface area contributed by atoms with Crippen molar-refractivity contribution in [2.45, 2.75) is 13.3 Å². The highest BCUT2D eigenvalue weighted by atomic mass is 16.2. The summed E-state index contributed by atoms with van der Waals surface area (Å²) in [6.07, 6.45) is 2.66. The number of anilines is 1. The summed E-state index contributed by atoms with van der Waals surface area (Å²) in [7, 11) is 3.88. The molecule has 114 valence electrons. The minimum atomic E-state index is -0.217. The fourth-order valence-corrected chi connectivity index (χ4v) is 1.99. The van der Waals surface area contributed by atoms with E-state index in [-0.39, 0.29) is 5.91 Å². The van der Waals surface area contributed by atoms with Gasteiger partial charge in [-0.15, -0.1) is 0 Å². The molecule has 0 unspecified atom stereocenters. The molecule has 0 bridgehead atoms. The van der Waals surface area contributed by atoms with Crippen molar-refractivity contribution in [2.75, 3.05) is 19.0 Å². The van der Waals surface area contributed by atoms with Gasteiger partial charge in [0.1, 0.15) is 0 Å². The molecule has 4 nitrogen and oxygen atoms in total. The Morgan fingerprint density at radius 1 is 1.18 bits per heavy atom. The molecule has 0 saturated carbocycles. The van der Waals surface area contributed by atoms with E-state index in [2.05, 4.69) is 29.6 Å². The lowest BCUT2D eigenvalue weighted by Gasteiger charge is -2.12. The summed E-state index contributed by atoms with van der Waals surface area (Å²) >= 11 is 0. The Kier molecular flexibility index (Phi) is 5.31. The highest BCUT2D eigenvalue weighted by Gasteiger charge is 2.05. The zero-order chi connectivity index (χ0) is 15.9. The number of hydrazone groups is 1. The maximum absolute atomic E-state index is 12.1. The van der Waals surface area contributed by atoms with E-state index in [1.807, 2.05) is 49.3 Å². The van der Waals surface area contributed by atoms with E-state index in [0.717, 1.165) is 17.7 Å². The number of nitrogens with one attached hydrogen (secondary N) is 1. The number of amides is 1. The minimum Gasteiger partial charge on any atom is -0.378 e. The summed E-state index contributed by atoms with van der Waals surface area (Å²) in [4.78, 5) is 14.0. The molecular weight excluding hydrogens is 274 g/mol. The van der Waals surface area contributed by atoms with E-state index < -0.39 is 0 Å². The molecule has 2 aromatic carbocycles. The monoisotopic (exact) mass is 295 g/mol. The Morgan fingerprint density at radius 3 is 2.55 bits per heavy atom. The number of hydrogen-bond donors (Lipinski definition) is 1. The molecule has 0 aliphatic carbocycles. The quantitative estimate of drug-likeness (QED) is 0.680. The molecule has 0 aliphatic heterocycles. The molecular formula is C18H21N3O. The second-order valence-electron chi connectivity index (χ2n) is 5.24. The maximum atomic E-state index is 12.1. The largest absolute Gasteiger partial charge is 0.378 e. The van der Waals surface area contributed by atoms with Crippen LogP contribution >= 0.6 is 0 Å². The van der Waals surface area contributed by atoms with E-state index in [4.69, 9.17) is 0 Å². The molecule has 0 aliphatic rings. The summed E-state index contributed by atoms with van der Waals surface area (Å²) in [6.45, 7) is 2.12. The van der Waals surface area contributed by atoms with Gasteiger partial charge in [0, 0.05) is 25.3 Å². The summed E-state index contributed by atoms with van der Waals surface area (Å²) in [5, 5.41) is 4.01. The van der Waals surface area contributed by atoms with E-state index in [1.54, 1.807) is 12.3 Å². The number of aryl methyl sites for hydroxylation is 1. The Balaban J connectivity index is 1.99. The number of rotatable bonds is 5. The van der Waals surface area contributed by atoms with Gasteiger partial charge < -0.3 is 4.90 Å². The van der Waals surface area contributed by atoms with E-state index >= 15 is 0 Å². The molecule has 22 heavy (non-hydrogen) atoms. The predicted molar refractivity (Wildman–Crippen MR) is 91.6 cm³/mol. The van der Waals surface area contributed by atoms with Crippen molar-refractivity contribution in [3.63, 3.8) is 0 Å². The maximum Gasteiger partial charge on any atom is 0.271 e. The third kappa shape index (κ3) is 4.19. The highest BCUT2D eigenvalue weighted by molar-refractivity contribution is 5.95. The molecule has 0 spiro atoms. The molecule has 2 rings (SSSR count). The first-order valence-electron chi connectivity index (χ1n) is 7.30. The zero-order valence-electron chi connectivity index (χ0n) is 13.2. The average Bonchev–Trinajstić information content (AvgIpc) is 2.55. The summed E-state index contributed by atoms with van der Waals surface area (Å²) in [5.41, 5.74) is 6.36. The predicted octanol–water partition coefficient (Wildman–Crippen LogP) is 3.08. The summed E-state index contributed by atoms with van der Waals surface area (Å²) in [6, 6.07) is 15.5. The average molecular weight is 295 g/mol. The molecule has 0 fully saturated rings. The Labute approximate surface area is 131 Å². The van der Waals surface area contributed by atoms with E-state index in [9.17, 15) is 4.79 Å². The Morgan fingerprint density at radius 2 is 1.91 bits per heavy atom. The minimum absolute atomic E-state index is 0.217. The first-order chi connectivity index (χ1) is 10.6. The van der Waals surface area contributed by atoms with Crippen molar-refractivity contribution in [3.8, 4) is 0 Å². The van der Waals surface area contributed by atoms with Gasteiger partial charge in [-0.1, -0.05) is 37.3 Å². The van der Waals surface area contributed by atoms with Crippen molar-refractivity contribution in [3.05, 3.63) is 65.2 Å². The third-order valence-corrected chi connectivity index (χ3v) is 3.39. The molecule has 0 aromatic heterocycles. The Hall–Kier alpha value is -2.62. The molecule has 0 radical (unpaired) electrons. The van der Waals surface area contributed by atoms with Gasteiger partial charge >= 0.3 is 0 Å². The third-order valence-electron chi connectivity index (χ3n) is 3.39. The first kappa shape index (κ1) is 15.8. The van der Waals surface area contributed by atoms with Gasteiger partial charge in [-0.05, 0) is 35.7 Å². The SMILES string of the molecule is CCc1ccc(/C=N/NC(=O)c2cccc(N(C)C)c2)cc1. The smallest absolute Gasteiger partial charge is 0.271 e. The van der Waals surface area contributed by atoms with Crippen LogP contribution in [0.3, 0.4) is 0 Å². The van der Waals surface area contributed by atoms with E-state index in [1.165, 1.54) is 5.56 Å². The lowest BCUT2D eigenvalue weighted by Crippen LogP contribution is -2.18. The highest BCUT2D eigenvalue weighted by Crippen LogP contribution is 2.13. The van der Waals surface area contributed by atoms with Crippen LogP contribution in [-0.4, -0.2) is 26.2 Å². The van der Waals surface area contributed by atoms with Crippen molar-refractivity contribution < 1.29 is 4.79 Å².